The molecule has 2 rings (SSSR count). The molecule has 1 N–H and O–H groups in total. The third kappa shape index (κ3) is 2.27. The fraction of sp³-hybridized carbons (Fsp3) is 0.455. The van der Waals surface area contributed by atoms with Crippen LogP contribution in [0.1, 0.15) is 23.7 Å². The standard InChI is InChI=1S/C11H13ClN2O2/c1-7-2-3-14(6-7)10-5-8(11(15)16)4-9(12)13-10/h4-5,7H,2-3,6H2,1H3,(H,15,16). The van der Waals surface area contributed by atoms with Gasteiger partial charge >= 0.3 is 5.97 Å². The second-order valence-corrected chi connectivity index (χ2v) is 4.57. The molecular weight excluding hydrogens is 228 g/mol. The topological polar surface area (TPSA) is 53.4 Å². The Morgan fingerprint density at radius 1 is 1.62 bits per heavy atom. The van der Waals surface area contributed by atoms with Crippen LogP contribution in [0.3, 0.4) is 0 Å². The second kappa shape index (κ2) is 4.29. The van der Waals surface area contributed by atoms with Gasteiger partial charge in [-0.25, -0.2) is 9.78 Å². The molecular formula is C11H13ClN2O2. The molecule has 1 saturated heterocycles. The van der Waals surface area contributed by atoms with E-state index in [-0.39, 0.29) is 10.7 Å². The van der Waals surface area contributed by atoms with E-state index in [9.17, 15) is 4.79 Å². The van der Waals surface area contributed by atoms with Gasteiger partial charge in [-0.3, -0.25) is 0 Å². The van der Waals surface area contributed by atoms with E-state index in [2.05, 4.69) is 16.8 Å². The molecule has 0 radical (unpaired) electrons. The monoisotopic (exact) mass is 240 g/mol. The molecule has 1 fully saturated rings. The van der Waals surface area contributed by atoms with Gasteiger partial charge in [-0.2, -0.15) is 0 Å². The maximum atomic E-state index is 10.9. The molecule has 86 valence electrons. The summed E-state index contributed by atoms with van der Waals surface area (Å²) in [6.45, 7) is 3.99. The van der Waals surface area contributed by atoms with Gasteiger partial charge in [0.15, 0.2) is 0 Å². The lowest BCUT2D eigenvalue weighted by atomic mass is 10.2. The average molecular weight is 241 g/mol. The van der Waals surface area contributed by atoms with Crippen molar-refractivity contribution in [3.05, 3.63) is 22.8 Å². The molecule has 0 aliphatic carbocycles. The van der Waals surface area contributed by atoms with Crippen LogP contribution in [0.25, 0.3) is 0 Å². The molecule has 0 bridgehead atoms. The van der Waals surface area contributed by atoms with Crippen LogP contribution >= 0.6 is 11.6 Å². The molecule has 4 nitrogen and oxygen atoms in total. The fourth-order valence-electron chi connectivity index (χ4n) is 1.91. The van der Waals surface area contributed by atoms with Crippen molar-refractivity contribution in [3.8, 4) is 0 Å². The lowest BCUT2D eigenvalue weighted by Gasteiger charge is -2.17. The van der Waals surface area contributed by atoms with E-state index in [0.29, 0.717) is 11.7 Å². The molecule has 0 saturated carbocycles. The Kier molecular flexibility index (Phi) is 3.01. The van der Waals surface area contributed by atoms with Crippen LogP contribution in [0.15, 0.2) is 12.1 Å². The first-order valence-electron chi connectivity index (χ1n) is 5.22. The third-order valence-electron chi connectivity index (χ3n) is 2.78. The van der Waals surface area contributed by atoms with E-state index in [1.54, 1.807) is 6.07 Å². The molecule has 1 aromatic heterocycles. The highest BCUT2D eigenvalue weighted by Crippen LogP contribution is 2.24. The number of nitrogens with zero attached hydrogens (tertiary/aromatic N) is 2. The predicted molar refractivity (Wildman–Crippen MR) is 62.2 cm³/mol. The van der Waals surface area contributed by atoms with E-state index < -0.39 is 5.97 Å². The molecule has 16 heavy (non-hydrogen) atoms. The molecule has 1 atom stereocenters. The smallest absolute Gasteiger partial charge is 0.335 e. The Labute approximate surface area is 98.9 Å². The van der Waals surface area contributed by atoms with Gasteiger partial charge in [0, 0.05) is 13.1 Å². The summed E-state index contributed by atoms with van der Waals surface area (Å²) in [7, 11) is 0. The van der Waals surface area contributed by atoms with E-state index in [1.807, 2.05) is 0 Å². The number of hydrogen-bond donors (Lipinski definition) is 1. The van der Waals surface area contributed by atoms with Crippen molar-refractivity contribution < 1.29 is 9.90 Å². The summed E-state index contributed by atoms with van der Waals surface area (Å²) in [6, 6.07) is 2.94. The summed E-state index contributed by atoms with van der Waals surface area (Å²) in [5.41, 5.74) is 0.189. The number of halogens is 1. The van der Waals surface area contributed by atoms with E-state index in [1.165, 1.54) is 6.07 Å². The molecule has 1 aromatic rings. The fourth-order valence-corrected chi connectivity index (χ4v) is 2.12. The maximum absolute atomic E-state index is 10.9. The number of carboxylic acids is 1. The van der Waals surface area contributed by atoms with E-state index in [0.717, 1.165) is 19.5 Å². The molecule has 1 aliphatic heterocycles. The largest absolute Gasteiger partial charge is 0.478 e. The Morgan fingerprint density at radius 2 is 2.38 bits per heavy atom. The average Bonchev–Trinajstić information content (AvgIpc) is 2.64. The minimum absolute atomic E-state index is 0.189. The molecule has 0 aromatic carbocycles. The van der Waals surface area contributed by atoms with Gasteiger partial charge < -0.3 is 10.0 Å². The van der Waals surface area contributed by atoms with Gasteiger partial charge in [0.1, 0.15) is 11.0 Å². The van der Waals surface area contributed by atoms with Gasteiger partial charge in [0.05, 0.1) is 5.56 Å². The number of anilines is 1. The molecule has 1 unspecified atom stereocenters. The van der Waals surface area contributed by atoms with Crippen LogP contribution in [-0.2, 0) is 0 Å². The SMILES string of the molecule is CC1CCN(c2cc(C(=O)O)cc(Cl)n2)C1. The van der Waals surface area contributed by atoms with Gasteiger partial charge in [0.2, 0.25) is 0 Å². The number of carbonyl (C=O) groups is 1. The zero-order chi connectivity index (χ0) is 11.7. The maximum Gasteiger partial charge on any atom is 0.335 e. The highest BCUT2D eigenvalue weighted by molar-refractivity contribution is 6.29. The summed E-state index contributed by atoms with van der Waals surface area (Å²) < 4.78 is 0. The summed E-state index contributed by atoms with van der Waals surface area (Å²) in [4.78, 5) is 17.1. The van der Waals surface area contributed by atoms with Gasteiger partial charge in [0.25, 0.3) is 0 Å². The number of aromatic carboxylic acids is 1. The van der Waals surface area contributed by atoms with Crippen molar-refractivity contribution in [2.24, 2.45) is 5.92 Å². The summed E-state index contributed by atoms with van der Waals surface area (Å²) >= 11 is 5.81. The van der Waals surface area contributed by atoms with Crippen molar-refractivity contribution in [1.82, 2.24) is 4.98 Å². The van der Waals surface area contributed by atoms with Gasteiger partial charge in [-0.15, -0.1) is 0 Å². The minimum atomic E-state index is -0.974. The van der Waals surface area contributed by atoms with E-state index in [4.69, 9.17) is 16.7 Å². The Balaban J connectivity index is 2.30. The second-order valence-electron chi connectivity index (χ2n) is 4.18. The molecule has 1 aliphatic rings. The van der Waals surface area contributed by atoms with Crippen LogP contribution in [0.2, 0.25) is 5.15 Å². The molecule has 5 heteroatoms. The van der Waals surface area contributed by atoms with Crippen molar-refractivity contribution in [3.63, 3.8) is 0 Å². The number of hydrogen-bond acceptors (Lipinski definition) is 3. The third-order valence-corrected chi connectivity index (χ3v) is 2.97. The van der Waals surface area contributed by atoms with Crippen LogP contribution < -0.4 is 4.90 Å². The molecule has 0 spiro atoms. The first-order valence-corrected chi connectivity index (χ1v) is 5.60. The van der Waals surface area contributed by atoms with Crippen LogP contribution in [0.4, 0.5) is 5.82 Å². The first-order chi connectivity index (χ1) is 7.56. The lowest BCUT2D eigenvalue weighted by molar-refractivity contribution is 0.0697. The van der Waals surface area contributed by atoms with Crippen LogP contribution in [0, 0.1) is 5.92 Å². The lowest BCUT2D eigenvalue weighted by Crippen LogP contribution is -2.20. The Bertz CT molecular complexity index is 422. The highest BCUT2D eigenvalue weighted by Gasteiger charge is 2.21. The summed E-state index contributed by atoms with van der Waals surface area (Å²) in [5.74, 6) is 0.307. The quantitative estimate of drug-likeness (QED) is 0.806. The molecule has 0 amide bonds. The Morgan fingerprint density at radius 3 is 2.94 bits per heavy atom. The Hall–Kier alpha value is -1.29. The summed E-state index contributed by atoms with van der Waals surface area (Å²) in [6.07, 6.45) is 1.11. The zero-order valence-corrected chi connectivity index (χ0v) is 9.74. The van der Waals surface area contributed by atoms with E-state index >= 15 is 0 Å². The van der Waals surface area contributed by atoms with Crippen molar-refractivity contribution in [1.29, 1.82) is 0 Å². The minimum Gasteiger partial charge on any atom is -0.478 e. The number of pyridine rings is 1. The van der Waals surface area contributed by atoms with Gasteiger partial charge in [-0.05, 0) is 24.5 Å². The summed E-state index contributed by atoms with van der Waals surface area (Å²) in [5, 5.41) is 9.15. The van der Waals surface area contributed by atoms with Crippen LogP contribution in [0.5, 0.6) is 0 Å². The first kappa shape index (κ1) is 11.2. The van der Waals surface area contributed by atoms with Crippen molar-refractivity contribution in [2.45, 2.75) is 13.3 Å². The normalized spacial score (nSPS) is 20.1. The van der Waals surface area contributed by atoms with Crippen molar-refractivity contribution in [2.75, 3.05) is 18.0 Å². The number of rotatable bonds is 2. The van der Waals surface area contributed by atoms with Crippen LogP contribution in [-0.4, -0.2) is 29.1 Å². The number of carboxylic acid groups (broad SMARTS) is 1. The van der Waals surface area contributed by atoms with Gasteiger partial charge in [-0.1, -0.05) is 18.5 Å². The zero-order valence-electron chi connectivity index (χ0n) is 8.98. The predicted octanol–water partition coefficient (Wildman–Crippen LogP) is 2.28. The number of aromatic nitrogens is 1. The van der Waals surface area contributed by atoms with Crippen molar-refractivity contribution >= 4 is 23.4 Å². The highest BCUT2D eigenvalue weighted by atomic mass is 35.5. The molecule has 2 heterocycles.